The molecule has 0 saturated heterocycles. The number of urea groups is 1. The van der Waals surface area contributed by atoms with Crippen LogP contribution < -0.4 is 15.5 Å². The van der Waals surface area contributed by atoms with Gasteiger partial charge in [-0.1, -0.05) is 12.1 Å². The van der Waals surface area contributed by atoms with E-state index in [0.29, 0.717) is 17.1 Å². The highest BCUT2D eigenvalue weighted by molar-refractivity contribution is 5.91. The number of anilines is 1. The van der Waals surface area contributed by atoms with Crippen LogP contribution >= 0.6 is 0 Å². The second-order valence-corrected chi connectivity index (χ2v) is 5.68. The number of carboxylic acid groups (broad SMARTS) is 1. The molecule has 0 aliphatic rings. The van der Waals surface area contributed by atoms with Crippen LogP contribution in [0.25, 0.3) is 5.69 Å². The monoisotopic (exact) mass is 378 g/mol. The van der Waals surface area contributed by atoms with E-state index < -0.39 is 12.0 Å². The molecule has 1 heterocycles. The number of ether oxygens (including phenoxy) is 1. The van der Waals surface area contributed by atoms with Crippen LogP contribution in [-0.4, -0.2) is 35.0 Å². The van der Waals surface area contributed by atoms with Gasteiger partial charge in [-0.05, 0) is 48.5 Å². The number of benzene rings is 2. The lowest BCUT2D eigenvalue weighted by Crippen LogP contribution is -2.24. The number of carbonyl (C=O) groups excluding carboxylic acids is 1. The maximum absolute atomic E-state index is 12.0. The minimum Gasteiger partial charge on any atom is -0.495 e. The normalized spacial score (nSPS) is 10.6. The fourth-order valence-electron chi connectivity index (χ4n) is 2.55. The van der Waals surface area contributed by atoms with Crippen LogP contribution in [0, 0.1) is 0 Å². The van der Waals surface area contributed by atoms with E-state index in [0.717, 1.165) is 5.69 Å². The number of aromatic nitrogens is 1. The Morgan fingerprint density at radius 1 is 1.07 bits per heavy atom. The van der Waals surface area contributed by atoms with E-state index in [2.05, 4.69) is 15.8 Å². The van der Waals surface area contributed by atoms with E-state index in [1.807, 2.05) is 22.9 Å². The quantitative estimate of drug-likeness (QED) is 0.452. The summed E-state index contributed by atoms with van der Waals surface area (Å²) >= 11 is 0. The summed E-state index contributed by atoms with van der Waals surface area (Å²) in [6, 6.07) is 16.6. The van der Waals surface area contributed by atoms with Crippen LogP contribution in [0.4, 0.5) is 10.5 Å². The maximum atomic E-state index is 12.0. The number of nitrogens with one attached hydrogen (secondary N) is 2. The number of hydrogen-bond donors (Lipinski definition) is 3. The lowest BCUT2D eigenvalue weighted by atomic mass is 10.2. The van der Waals surface area contributed by atoms with E-state index in [-0.39, 0.29) is 5.56 Å². The molecule has 1 aromatic heterocycles. The second kappa shape index (κ2) is 8.54. The van der Waals surface area contributed by atoms with Crippen molar-refractivity contribution in [2.24, 2.45) is 5.10 Å². The highest BCUT2D eigenvalue weighted by atomic mass is 16.5. The van der Waals surface area contributed by atoms with Crippen molar-refractivity contribution in [3.8, 4) is 11.4 Å². The van der Waals surface area contributed by atoms with Crippen LogP contribution in [0.1, 0.15) is 16.1 Å². The van der Waals surface area contributed by atoms with Gasteiger partial charge in [0.2, 0.25) is 0 Å². The Bertz CT molecular complexity index is 1010. The molecule has 8 heteroatoms. The molecule has 0 saturated carbocycles. The van der Waals surface area contributed by atoms with Crippen molar-refractivity contribution in [1.29, 1.82) is 0 Å². The van der Waals surface area contributed by atoms with E-state index in [1.165, 1.54) is 25.5 Å². The third kappa shape index (κ3) is 4.36. The number of carboxylic acids is 1. The van der Waals surface area contributed by atoms with Gasteiger partial charge in [0.25, 0.3) is 0 Å². The Balaban J connectivity index is 1.66. The van der Waals surface area contributed by atoms with Crippen LogP contribution in [0.2, 0.25) is 0 Å². The average Bonchev–Trinajstić information content (AvgIpc) is 3.17. The molecule has 2 amide bonds. The lowest BCUT2D eigenvalue weighted by Gasteiger charge is -2.09. The van der Waals surface area contributed by atoms with Gasteiger partial charge in [0, 0.05) is 11.9 Å². The first-order valence-electron chi connectivity index (χ1n) is 8.32. The van der Waals surface area contributed by atoms with Gasteiger partial charge in [-0.15, -0.1) is 0 Å². The molecule has 2 aromatic carbocycles. The third-order valence-corrected chi connectivity index (χ3v) is 3.89. The third-order valence-electron chi connectivity index (χ3n) is 3.89. The molecule has 0 aliphatic heterocycles. The largest absolute Gasteiger partial charge is 0.495 e. The molecule has 0 unspecified atom stereocenters. The molecule has 0 atom stereocenters. The number of para-hydroxylation sites is 2. The zero-order valence-electron chi connectivity index (χ0n) is 15.0. The van der Waals surface area contributed by atoms with Gasteiger partial charge in [0.1, 0.15) is 5.75 Å². The van der Waals surface area contributed by atoms with Gasteiger partial charge < -0.3 is 19.7 Å². The first-order chi connectivity index (χ1) is 13.6. The van der Waals surface area contributed by atoms with Crippen molar-refractivity contribution in [1.82, 2.24) is 9.99 Å². The molecular weight excluding hydrogens is 360 g/mol. The number of rotatable bonds is 6. The Morgan fingerprint density at radius 2 is 1.82 bits per heavy atom. The number of methoxy groups -OCH3 is 1. The van der Waals surface area contributed by atoms with Gasteiger partial charge >= 0.3 is 12.0 Å². The standard InChI is InChI=1S/C20H18N4O4/c1-28-18-7-3-2-6-17(18)22-20(27)23-21-13-16-5-4-12-24(16)15-10-8-14(9-11-15)19(25)26/h2-13H,1H3,(H,25,26)(H2,22,23,27)/b21-13+. The molecule has 3 aromatic rings. The maximum Gasteiger partial charge on any atom is 0.339 e. The Morgan fingerprint density at radius 3 is 2.54 bits per heavy atom. The Labute approximate surface area is 161 Å². The molecule has 3 N–H and O–H groups in total. The van der Waals surface area contributed by atoms with E-state index in [9.17, 15) is 9.59 Å². The van der Waals surface area contributed by atoms with E-state index >= 15 is 0 Å². The summed E-state index contributed by atoms with van der Waals surface area (Å²) in [4.78, 5) is 23.0. The topological polar surface area (TPSA) is 105 Å². The highest BCUT2D eigenvalue weighted by Crippen LogP contribution is 2.22. The van der Waals surface area contributed by atoms with Crippen molar-refractivity contribution >= 4 is 23.9 Å². The minimum absolute atomic E-state index is 0.209. The zero-order chi connectivity index (χ0) is 19.9. The first-order valence-corrected chi connectivity index (χ1v) is 8.32. The van der Waals surface area contributed by atoms with Crippen LogP contribution in [0.15, 0.2) is 72.0 Å². The lowest BCUT2D eigenvalue weighted by molar-refractivity contribution is 0.0697. The van der Waals surface area contributed by atoms with Crippen LogP contribution in [-0.2, 0) is 0 Å². The molecule has 0 bridgehead atoms. The summed E-state index contributed by atoms with van der Waals surface area (Å²) < 4.78 is 6.99. The SMILES string of the molecule is COc1ccccc1NC(=O)N/N=C/c1cccn1-c1ccc(C(=O)O)cc1. The van der Waals surface area contributed by atoms with Crippen molar-refractivity contribution in [2.75, 3.05) is 12.4 Å². The Hall–Kier alpha value is -4.07. The fourth-order valence-corrected chi connectivity index (χ4v) is 2.55. The van der Waals surface area contributed by atoms with Gasteiger partial charge in [0.15, 0.2) is 0 Å². The molecular formula is C20H18N4O4. The summed E-state index contributed by atoms with van der Waals surface area (Å²) in [5, 5.41) is 15.6. The van der Waals surface area contributed by atoms with Gasteiger partial charge in [0.05, 0.1) is 30.3 Å². The van der Waals surface area contributed by atoms with Gasteiger partial charge in [-0.25, -0.2) is 15.0 Å². The van der Waals surface area contributed by atoms with Crippen LogP contribution in [0.3, 0.4) is 0 Å². The van der Waals surface area contributed by atoms with E-state index in [1.54, 1.807) is 36.4 Å². The van der Waals surface area contributed by atoms with Gasteiger partial charge in [-0.2, -0.15) is 5.10 Å². The number of aromatic carboxylic acids is 1. The second-order valence-electron chi connectivity index (χ2n) is 5.68. The molecule has 0 fully saturated rings. The minimum atomic E-state index is -0.980. The first kappa shape index (κ1) is 18.7. The number of amides is 2. The Kier molecular flexibility index (Phi) is 5.71. The smallest absolute Gasteiger partial charge is 0.339 e. The molecule has 28 heavy (non-hydrogen) atoms. The van der Waals surface area contributed by atoms with Gasteiger partial charge in [-0.3, -0.25) is 0 Å². The molecule has 0 radical (unpaired) electrons. The summed E-state index contributed by atoms with van der Waals surface area (Å²) in [5.41, 5.74) is 4.61. The number of hydrazone groups is 1. The number of nitrogens with zero attached hydrogens (tertiary/aromatic N) is 2. The van der Waals surface area contributed by atoms with Crippen molar-refractivity contribution in [3.05, 3.63) is 78.1 Å². The predicted molar refractivity (Wildman–Crippen MR) is 105 cm³/mol. The summed E-state index contributed by atoms with van der Waals surface area (Å²) in [7, 11) is 1.52. The number of hydrogen-bond acceptors (Lipinski definition) is 4. The molecule has 8 nitrogen and oxygen atoms in total. The predicted octanol–water partition coefficient (Wildman–Crippen LogP) is 3.34. The zero-order valence-corrected chi connectivity index (χ0v) is 15.0. The average molecular weight is 378 g/mol. The molecule has 0 aliphatic carbocycles. The summed E-state index contributed by atoms with van der Waals surface area (Å²) in [5.74, 6) is -0.439. The molecule has 0 spiro atoms. The van der Waals surface area contributed by atoms with Crippen molar-refractivity contribution in [2.45, 2.75) is 0 Å². The van der Waals surface area contributed by atoms with E-state index in [4.69, 9.17) is 9.84 Å². The number of carbonyl (C=O) groups is 2. The highest BCUT2D eigenvalue weighted by Gasteiger charge is 2.07. The molecule has 142 valence electrons. The van der Waals surface area contributed by atoms with Crippen molar-refractivity contribution in [3.63, 3.8) is 0 Å². The summed E-state index contributed by atoms with van der Waals surface area (Å²) in [6.45, 7) is 0. The van der Waals surface area contributed by atoms with Crippen LogP contribution in [0.5, 0.6) is 5.75 Å². The fraction of sp³-hybridized carbons (Fsp3) is 0.0500. The molecule has 3 rings (SSSR count). The summed E-state index contributed by atoms with van der Waals surface area (Å²) in [6.07, 6.45) is 3.30. The van der Waals surface area contributed by atoms with Crippen molar-refractivity contribution < 1.29 is 19.4 Å².